The molecule has 2 rings (SSSR count). The lowest BCUT2D eigenvalue weighted by atomic mass is 10.1. The Kier molecular flexibility index (Phi) is 6.52. The average molecular weight is 413 g/mol. The smallest absolute Gasteiger partial charge is 0.224 e. The van der Waals surface area contributed by atoms with Crippen LogP contribution in [0.1, 0.15) is 24.1 Å². The van der Waals surface area contributed by atoms with Gasteiger partial charge in [0, 0.05) is 9.50 Å². The molecule has 1 atom stereocenters. The van der Waals surface area contributed by atoms with Crippen LogP contribution in [0.4, 0.5) is 0 Å². The van der Waals surface area contributed by atoms with Gasteiger partial charge in [-0.2, -0.15) is 0 Å². The summed E-state index contributed by atoms with van der Waals surface area (Å²) in [6.07, 6.45) is 0.228. The van der Waals surface area contributed by atoms with Crippen molar-refractivity contribution in [2.75, 3.05) is 14.2 Å². The fraction of sp³-hybridized carbons (Fsp3) is 0.278. The van der Waals surface area contributed by atoms with Crippen molar-refractivity contribution in [3.8, 4) is 11.5 Å². The van der Waals surface area contributed by atoms with Crippen LogP contribution in [0, 0.1) is 0 Å². The average Bonchev–Trinajstić information content (AvgIpc) is 2.56. The summed E-state index contributed by atoms with van der Waals surface area (Å²) in [6, 6.07) is 10.9. The van der Waals surface area contributed by atoms with Crippen molar-refractivity contribution in [1.82, 2.24) is 5.32 Å². The van der Waals surface area contributed by atoms with Crippen LogP contribution in [0.25, 0.3) is 0 Å². The van der Waals surface area contributed by atoms with Crippen LogP contribution in [-0.2, 0) is 11.2 Å². The van der Waals surface area contributed by atoms with Gasteiger partial charge < -0.3 is 14.8 Å². The van der Waals surface area contributed by atoms with Crippen LogP contribution < -0.4 is 14.8 Å². The minimum atomic E-state index is -0.130. The van der Waals surface area contributed by atoms with Crippen molar-refractivity contribution in [2.24, 2.45) is 0 Å². The first-order valence-electron chi connectivity index (χ1n) is 7.39. The molecule has 2 aromatic rings. The molecule has 1 N–H and O–H groups in total. The van der Waals surface area contributed by atoms with Gasteiger partial charge in [0.25, 0.3) is 0 Å². The van der Waals surface area contributed by atoms with Gasteiger partial charge in [-0.05, 0) is 42.3 Å². The molecular weight excluding hydrogens is 394 g/mol. The van der Waals surface area contributed by atoms with E-state index in [9.17, 15) is 4.79 Å². The van der Waals surface area contributed by atoms with Gasteiger partial charge in [-0.3, -0.25) is 4.79 Å². The summed E-state index contributed by atoms with van der Waals surface area (Å²) in [6.45, 7) is 1.92. The van der Waals surface area contributed by atoms with Crippen LogP contribution in [0.5, 0.6) is 11.5 Å². The number of benzene rings is 2. The molecule has 128 valence electrons. The molecule has 0 heterocycles. The number of carbonyl (C=O) groups is 1. The number of ether oxygens (including phenoxy) is 2. The standard InChI is InChI=1S/C18H19BrClNO3/c1-11(12-5-4-6-14(20)7-12)21-18(22)9-13-8-16(23-2)17(24-3)10-15(13)19/h4-8,10-11H,9H2,1-3H3,(H,21,22). The van der Waals surface area contributed by atoms with E-state index in [1.54, 1.807) is 32.4 Å². The third-order valence-corrected chi connectivity index (χ3v) is 4.60. The number of carbonyl (C=O) groups excluding carboxylic acids is 1. The second-order valence-corrected chi connectivity index (χ2v) is 6.61. The third-order valence-electron chi connectivity index (χ3n) is 3.63. The maximum atomic E-state index is 12.4. The number of nitrogens with one attached hydrogen (secondary N) is 1. The molecule has 0 fully saturated rings. The Bertz CT molecular complexity index is 736. The summed E-state index contributed by atoms with van der Waals surface area (Å²) in [7, 11) is 3.14. The predicted molar refractivity (Wildman–Crippen MR) is 99.0 cm³/mol. The molecule has 0 aliphatic heterocycles. The van der Waals surface area contributed by atoms with Gasteiger partial charge in [-0.1, -0.05) is 39.7 Å². The summed E-state index contributed by atoms with van der Waals surface area (Å²) >= 11 is 9.46. The van der Waals surface area contributed by atoms with Gasteiger partial charge >= 0.3 is 0 Å². The Balaban J connectivity index is 2.09. The quantitative estimate of drug-likeness (QED) is 0.758. The molecule has 4 nitrogen and oxygen atoms in total. The Morgan fingerprint density at radius 2 is 1.88 bits per heavy atom. The van der Waals surface area contributed by atoms with E-state index < -0.39 is 0 Å². The van der Waals surface area contributed by atoms with Gasteiger partial charge in [-0.25, -0.2) is 0 Å². The SMILES string of the molecule is COc1cc(Br)c(CC(=O)NC(C)c2cccc(Cl)c2)cc1OC. The molecule has 1 unspecified atom stereocenters. The van der Waals surface area contributed by atoms with E-state index in [1.807, 2.05) is 25.1 Å². The highest BCUT2D eigenvalue weighted by molar-refractivity contribution is 9.10. The highest BCUT2D eigenvalue weighted by atomic mass is 79.9. The number of hydrogen-bond acceptors (Lipinski definition) is 3. The molecule has 24 heavy (non-hydrogen) atoms. The van der Waals surface area contributed by atoms with Crippen molar-refractivity contribution in [1.29, 1.82) is 0 Å². The highest BCUT2D eigenvalue weighted by Crippen LogP contribution is 2.33. The number of methoxy groups -OCH3 is 2. The normalized spacial score (nSPS) is 11.7. The van der Waals surface area contributed by atoms with E-state index in [2.05, 4.69) is 21.2 Å². The largest absolute Gasteiger partial charge is 0.493 e. The maximum Gasteiger partial charge on any atom is 0.224 e. The molecule has 1 amide bonds. The molecule has 0 bridgehead atoms. The van der Waals surface area contributed by atoms with E-state index >= 15 is 0 Å². The first-order valence-corrected chi connectivity index (χ1v) is 8.57. The number of amides is 1. The van der Waals surface area contributed by atoms with Gasteiger partial charge in [0.1, 0.15) is 0 Å². The molecule has 0 aliphatic carbocycles. The Morgan fingerprint density at radius 1 is 1.21 bits per heavy atom. The first-order chi connectivity index (χ1) is 11.4. The summed E-state index contributed by atoms with van der Waals surface area (Å²) in [5.41, 5.74) is 1.78. The zero-order chi connectivity index (χ0) is 17.7. The summed E-state index contributed by atoms with van der Waals surface area (Å²) < 4.78 is 11.3. The minimum Gasteiger partial charge on any atom is -0.493 e. The molecule has 0 saturated heterocycles. The zero-order valence-electron chi connectivity index (χ0n) is 13.7. The van der Waals surface area contributed by atoms with Crippen molar-refractivity contribution < 1.29 is 14.3 Å². The lowest BCUT2D eigenvalue weighted by Crippen LogP contribution is -2.28. The van der Waals surface area contributed by atoms with Crippen LogP contribution >= 0.6 is 27.5 Å². The van der Waals surface area contributed by atoms with E-state index in [1.165, 1.54) is 0 Å². The van der Waals surface area contributed by atoms with Crippen LogP contribution in [-0.4, -0.2) is 20.1 Å². The van der Waals surface area contributed by atoms with Crippen LogP contribution in [0.3, 0.4) is 0 Å². The van der Waals surface area contributed by atoms with Crippen molar-refractivity contribution in [3.05, 3.63) is 57.0 Å². The molecule has 6 heteroatoms. The van der Waals surface area contributed by atoms with Gasteiger partial charge in [0.2, 0.25) is 5.91 Å². The highest BCUT2D eigenvalue weighted by Gasteiger charge is 2.15. The number of hydrogen-bond donors (Lipinski definition) is 1. The first kappa shape index (κ1) is 18.6. The summed E-state index contributed by atoms with van der Waals surface area (Å²) in [5, 5.41) is 3.62. The van der Waals surface area contributed by atoms with Gasteiger partial charge in [-0.15, -0.1) is 0 Å². The maximum absolute atomic E-state index is 12.4. The van der Waals surface area contributed by atoms with E-state index in [0.717, 1.165) is 15.6 Å². The van der Waals surface area contributed by atoms with Crippen molar-refractivity contribution >= 4 is 33.4 Å². The second kappa shape index (κ2) is 8.40. The Morgan fingerprint density at radius 3 is 2.50 bits per heavy atom. The van der Waals surface area contributed by atoms with Crippen molar-refractivity contribution in [3.63, 3.8) is 0 Å². The number of halogens is 2. The second-order valence-electron chi connectivity index (χ2n) is 5.32. The Hall–Kier alpha value is -1.72. The summed E-state index contributed by atoms with van der Waals surface area (Å²) in [5.74, 6) is 1.11. The molecule has 0 saturated carbocycles. The predicted octanol–water partition coefficient (Wildman–Crippen LogP) is 4.54. The van der Waals surface area contributed by atoms with E-state index in [4.69, 9.17) is 21.1 Å². The van der Waals surface area contributed by atoms with E-state index in [0.29, 0.717) is 16.5 Å². The lowest BCUT2D eigenvalue weighted by molar-refractivity contribution is -0.121. The molecule has 0 aliphatic rings. The van der Waals surface area contributed by atoms with Crippen LogP contribution in [0.15, 0.2) is 40.9 Å². The molecule has 0 aromatic heterocycles. The lowest BCUT2D eigenvalue weighted by Gasteiger charge is -2.16. The minimum absolute atomic E-state index is 0.0876. The molecule has 0 spiro atoms. The third kappa shape index (κ3) is 4.65. The van der Waals surface area contributed by atoms with Crippen molar-refractivity contribution in [2.45, 2.75) is 19.4 Å². The Labute approximate surface area is 155 Å². The zero-order valence-corrected chi connectivity index (χ0v) is 16.1. The van der Waals surface area contributed by atoms with E-state index in [-0.39, 0.29) is 18.4 Å². The fourth-order valence-electron chi connectivity index (χ4n) is 2.36. The fourth-order valence-corrected chi connectivity index (χ4v) is 3.02. The van der Waals surface area contributed by atoms with Crippen LogP contribution in [0.2, 0.25) is 5.02 Å². The summed E-state index contributed by atoms with van der Waals surface area (Å²) in [4.78, 5) is 12.4. The monoisotopic (exact) mass is 411 g/mol. The molecule has 0 radical (unpaired) electrons. The molecule has 2 aromatic carbocycles. The molecular formula is C18H19BrClNO3. The number of rotatable bonds is 6. The topological polar surface area (TPSA) is 47.6 Å². The van der Waals surface area contributed by atoms with Gasteiger partial charge in [0.05, 0.1) is 26.7 Å². The van der Waals surface area contributed by atoms with Gasteiger partial charge in [0.15, 0.2) is 11.5 Å².